The van der Waals surface area contributed by atoms with Crippen LogP contribution in [0.25, 0.3) is 17.0 Å². The van der Waals surface area contributed by atoms with Crippen molar-refractivity contribution < 1.29 is 9.53 Å². The third kappa shape index (κ3) is 2.27. The third-order valence-electron chi connectivity index (χ3n) is 2.92. The number of esters is 1. The number of fused-ring (bicyclic) bond motifs is 1. The monoisotopic (exact) mass is 304 g/mol. The van der Waals surface area contributed by atoms with E-state index in [4.69, 9.17) is 11.6 Å². The number of ether oxygens (including phenoxy) is 1. The largest absolute Gasteiger partial charge is 0.465 e. The van der Waals surface area contributed by atoms with Crippen molar-refractivity contribution in [2.24, 2.45) is 0 Å². The number of methoxy groups -OCH3 is 1. The molecule has 8 heteroatoms. The molecule has 0 spiro atoms. The molecule has 7 nitrogen and oxygen atoms in total. The van der Waals surface area contributed by atoms with Crippen LogP contribution in [0.5, 0.6) is 0 Å². The highest BCUT2D eigenvalue weighted by Crippen LogP contribution is 2.23. The molecular formula is C13H9ClN4O3. The lowest BCUT2D eigenvalue weighted by atomic mass is 10.2. The Labute approximate surface area is 123 Å². The van der Waals surface area contributed by atoms with Crippen molar-refractivity contribution in [3.63, 3.8) is 0 Å². The number of nitrogens with one attached hydrogen (secondary N) is 1. The van der Waals surface area contributed by atoms with Gasteiger partial charge in [0.15, 0.2) is 11.5 Å². The SMILES string of the molecule is COC(=O)c1cc(Cl)c2nnc(-c3ccc(=O)[nH]c3)n2c1. The molecule has 0 aliphatic heterocycles. The lowest BCUT2D eigenvalue weighted by molar-refractivity contribution is 0.0600. The maximum Gasteiger partial charge on any atom is 0.339 e. The Morgan fingerprint density at radius 3 is 2.86 bits per heavy atom. The van der Waals surface area contributed by atoms with Crippen molar-refractivity contribution >= 4 is 23.2 Å². The number of nitrogens with zero attached hydrogens (tertiary/aromatic N) is 3. The number of carbonyl (C=O) groups is 1. The van der Waals surface area contributed by atoms with Crippen molar-refractivity contribution in [3.05, 3.63) is 51.5 Å². The van der Waals surface area contributed by atoms with E-state index in [0.29, 0.717) is 17.0 Å². The van der Waals surface area contributed by atoms with E-state index in [1.165, 1.54) is 31.6 Å². The molecule has 1 N–H and O–H groups in total. The standard InChI is InChI=1S/C13H9ClN4O3/c1-21-13(20)8-4-9(14)12-17-16-11(18(12)6-8)7-2-3-10(19)15-5-7/h2-6H,1H3,(H,15,19). The summed E-state index contributed by atoms with van der Waals surface area (Å²) in [7, 11) is 1.29. The first-order chi connectivity index (χ1) is 10.1. The zero-order chi connectivity index (χ0) is 15.0. The van der Waals surface area contributed by atoms with Gasteiger partial charge in [0.2, 0.25) is 5.56 Å². The second kappa shape index (κ2) is 5.02. The van der Waals surface area contributed by atoms with Gasteiger partial charge in [-0.1, -0.05) is 11.6 Å². The molecule has 0 atom stereocenters. The second-order valence-corrected chi connectivity index (χ2v) is 4.63. The number of pyridine rings is 2. The number of aromatic nitrogens is 4. The normalized spacial score (nSPS) is 10.8. The van der Waals surface area contributed by atoms with Crippen molar-refractivity contribution in [3.8, 4) is 11.4 Å². The molecule has 0 unspecified atom stereocenters. The smallest absolute Gasteiger partial charge is 0.339 e. The van der Waals surface area contributed by atoms with Crippen LogP contribution >= 0.6 is 11.6 Å². The molecule has 3 heterocycles. The number of halogens is 1. The molecule has 0 aliphatic rings. The predicted octanol–water partition coefficient (Wildman–Crippen LogP) is 1.52. The summed E-state index contributed by atoms with van der Waals surface area (Å²) >= 11 is 6.10. The topological polar surface area (TPSA) is 89.3 Å². The molecule has 0 amide bonds. The van der Waals surface area contributed by atoms with Gasteiger partial charge >= 0.3 is 5.97 Å². The molecule has 0 saturated heterocycles. The van der Waals surface area contributed by atoms with Gasteiger partial charge in [0, 0.05) is 24.0 Å². The number of aromatic amines is 1. The summed E-state index contributed by atoms with van der Waals surface area (Å²) in [6.07, 6.45) is 3.05. The van der Waals surface area contributed by atoms with E-state index in [9.17, 15) is 9.59 Å². The van der Waals surface area contributed by atoms with Gasteiger partial charge in [-0.15, -0.1) is 10.2 Å². The molecule has 106 valence electrons. The Morgan fingerprint density at radius 2 is 2.19 bits per heavy atom. The van der Waals surface area contributed by atoms with E-state index in [-0.39, 0.29) is 16.1 Å². The van der Waals surface area contributed by atoms with Gasteiger partial charge in [-0.3, -0.25) is 9.20 Å². The molecule has 21 heavy (non-hydrogen) atoms. The van der Waals surface area contributed by atoms with Crippen LogP contribution in [-0.4, -0.2) is 32.7 Å². The van der Waals surface area contributed by atoms with Crippen LogP contribution < -0.4 is 5.56 Å². The molecule has 0 saturated carbocycles. The van der Waals surface area contributed by atoms with E-state index in [2.05, 4.69) is 19.9 Å². The molecule has 0 aliphatic carbocycles. The first-order valence-corrected chi connectivity index (χ1v) is 6.29. The molecule has 0 fully saturated rings. The van der Waals surface area contributed by atoms with Crippen molar-refractivity contribution in [1.82, 2.24) is 19.6 Å². The molecule has 0 aromatic carbocycles. The third-order valence-corrected chi connectivity index (χ3v) is 3.20. The van der Waals surface area contributed by atoms with Crippen LogP contribution in [0, 0.1) is 0 Å². The molecule has 0 bridgehead atoms. The Balaban J connectivity index is 2.24. The minimum absolute atomic E-state index is 0.221. The zero-order valence-electron chi connectivity index (χ0n) is 10.8. The number of hydrogen-bond acceptors (Lipinski definition) is 5. The van der Waals surface area contributed by atoms with Gasteiger partial charge in [0.05, 0.1) is 17.7 Å². The molecule has 3 rings (SSSR count). The lowest BCUT2D eigenvalue weighted by Crippen LogP contribution is -2.05. The van der Waals surface area contributed by atoms with Gasteiger partial charge in [-0.05, 0) is 12.1 Å². The highest BCUT2D eigenvalue weighted by atomic mass is 35.5. The van der Waals surface area contributed by atoms with Crippen LogP contribution in [0.3, 0.4) is 0 Å². The van der Waals surface area contributed by atoms with Gasteiger partial charge in [-0.25, -0.2) is 4.79 Å². The summed E-state index contributed by atoms with van der Waals surface area (Å²) in [6.45, 7) is 0. The Kier molecular flexibility index (Phi) is 3.19. The fraction of sp³-hybridized carbons (Fsp3) is 0.0769. The quantitative estimate of drug-likeness (QED) is 0.725. The van der Waals surface area contributed by atoms with Crippen LogP contribution in [-0.2, 0) is 4.74 Å². The minimum Gasteiger partial charge on any atom is -0.465 e. The van der Waals surface area contributed by atoms with Crippen molar-refractivity contribution in [2.75, 3.05) is 7.11 Å². The molecule has 0 radical (unpaired) electrons. The van der Waals surface area contributed by atoms with E-state index in [1.807, 2.05) is 0 Å². The van der Waals surface area contributed by atoms with Crippen LogP contribution in [0.15, 0.2) is 35.4 Å². The average molecular weight is 305 g/mol. The van der Waals surface area contributed by atoms with E-state index in [0.717, 1.165) is 0 Å². The fourth-order valence-corrected chi connectivity index (χ4v) is 2.18. The second-order valence-electron chi connectivity index (χ2n) is 4.23. The fourth-order valence-electron chi connectivity index (χ4n) is 1.93. The molecule has 3 aromatic heterocycles. The molecular weight excluding hydrogens is 296 g/mol. The van der Waals surface area contributed by atoms with Gasteiger partial charge in [0.1, 0.15) is 0 Å². The summed E-state index contributed by atoms with van der Waals surface area (Å²) in [4.78, 5) is 25.3. The molecule has 3 aromatic rings. The number of carbonyl (C=O) groups excluding carboxylic acids is 1. The van der Waals surface area contributed by atoms with E-state index < -0.39 is 5.97 Å². The van der Waals surface area contributed by atoms with Crippen molar-refractivity contribution in [2.45, 2.75) is 0 Å². The summed E-state index contributed by atoms with van der Waals surface area (Å²) < 4.78 is 6.25. The Bertz CT molecular complexity index is 880. The number of H-pyrrole nitrogens is 1. The van der Waals surface area contributed by atoms with Gasteiger partial charge in [-0.2, -0.15) is 0 Å². The average Bonchev–Trinajstić information content (AvgIpc) is 2.91. The number of hydrogen-bond donors (Lipinski definition) is 1. The first kappa shape index (κ1) is 13.3. The van der Waals surface area contributed by atoms with Crippen LogP contribution in [0.2, 0.25) is 5.02 Å². The van der Waals surface area contributed by atoms with Crippen molar-refractivity contribution in [1.29, 1.82) is 0 Å². The maximum atomic E-state index is 11.6. The Hall–Kier alpha value is -2.67. The zero-order valence-corrected chi connectivity index (χ0v) is 11.6. The van der Waals surface area contributed by atoms with Crippen LogP contribution in [0.4, 0.5) is 0 Å². The predicted molar refractivity (Wildman–Crippen MR) is 75.4 cm³/mol. The Morgan fingerprint density at radius 1 is 1.38 bits per heavy atom. The summed E-state index contributed by atoms with van der Waals surface area (Å²) in [5.74, 6) is -0.0613. The van der Waals surface area contributed by atoms with E-state index in [1.54, 1.807) is 10.5 Å². The number of rotatable bonds is 2. The minimum atomic E-state index is -0.514. The summed E-state index contributed by atoms with van der Waals surface area (Å²) in [5.41, 5.74) is 1.10. The van der Waals surface area contributed by atoms with Gasteiger partial charge < -0.3 is 9.72 Å². The highest BCUT2D eigenvalue weighted by molar-refractivity contribution is 6.33. The van der Waals surface area contributed by atoms with Gasteiger partial charge in [0.25, 0.3) is 0 Å². The first-order valence-electron chi connectivity index (χ1n) is 5.92. The summed E-state index contributed by atoms with van der Waals surface area (Å²) in [6, 6.07) is 4.45. The highest BCUT2D eigenvalue weighted by Gasteiger charge is 2.15. The van der Waals surface area contributed by atoms with E-state index >= 15 is 0 Å². The van der Waals surface area contributed by atoms with Crippen LogP contribution in [0.1, 0.15) is 10.4 Å². The lowest BCUT2D eigenvalue weighted by Gasteiger charge is -2.04. The summed E-state index contributed by atoms with van der Waals surface area (Å²) in [5, 5.41) is 8.30. The maximum absolute atomic E-state index is 11.6.